The van der Waals surface area contributed by atoms with Crippen LogP contribution in [0, 0.1) is 5.82 Å². The van der Waals surface area contributed by atoms with Crippen LogP contribution >= 0.6 is 22.3 Å². The first-order valence-corrected chi connectivity index (χ1v) is 8.95. The molecule has 1 aromatic carbocycles. The van der Waals surface area contributed by atoms with E-state index in [2.05, 4.69) is 4.98 Å². The molecule has 0 amide bonds. The molecule has 1 heterocycles. The van der Waals surface area contributed by atoms with Crippen molar-refractivity contribution in [3.8, 4) is 0 Å². The van der Waals surface area contributed by atoms with E-state index in [-0.39, 0.29) is 16.6 Å². The molecule has 114 valence electrons. The summed E-state index contributed by atoms with van der Waals surface area (Å²) in [6.45, 7) is 2.08. The van der Waals surface area contributed by atoms with Gasteiger partial charge in [-0.15, -0.1) is 0 Å². The summed E-state index contributed by atoms with van der Waals surface area (Å²) in [6, 6.07) is 4.68. The summed E-state index contributed by atoms with van der Waals surface area (Å²) in [5.74, 6) is 0.0155. The van der Waals surface area contributed by atoms with Gasteiger partial charge >= 0.3 is 0 Å². The van der Waals surface area contributed by atoms with Gasteiger partial charge < -0.3 is 4.57 Å². The van der Waals surface area contributed by atoms with Gasteiger partial charge in [0.2, 0.25) is 0 Å². The van der Waals surface area contributed by atoms with Crippen LogP contribution in [0.3, 0.4) is 0 Å². The first kappa shape index (κ1) is 16.3. The molecule has 0 aliphatic heterocycles. The van der Waals surface area contributed by atoms with Crippen LogP contribution in [-0.2, 0) is 22.0 Å². The second-order valence-electron chi connectivity index (χ2n) is 4.52. The predicted octanol–water partition coefficient (Wildman–Crippen LogP) is 3.60. The molecule has 0 spiro atoms. The Morgan fingerprint density at radius 2 is 2.10 bits per heavy atom. The first-order valence-electron chi connectivity index (χ1n) is 6.26. The van der Waals surface area contributed by atoms with Gasteiger partial charge in [-0.05, 0) is 12.5 Å². The maximum absolute atomic E-state index is 13.9. The van der Waals surface area contributed by atoms with Crippen molar-refractivity contribution in [3.63, 3.8) is 0 Å². The Bertz CT molecular complexity index is 760. The van der Waals surface area contributed by atoms with Gasteiger partial charge in [0.25, 0.3) is 9.05 Å². The molecule has 0 N–H and O–H groups in total. The first-order chi connectivity index (χ1) is 9.82. The number of aryl methyl sites for hydroxylation is 1. The molecule has 0 fully saturated rings. The minimum Gasteiger partial charge on any atom is -0.329 e. The average molecular weight is 351 g/mol. The number of imidazole rings is 1. The monoisotopic (exact) mass is 350 g/mol. The van der Waals surface area contributed by atoms with Gasteiger partial charge in [0.1, 0.15) is 11.6 Å². The van der Waals surface area contributed by atoms with Crippen LogP contribution in [0.4, 0.5) is 4.39 Å². The highest BCUT2D eigenvalue weighted by Crippen LogP contribution is 2.21. The highest BCUT2D eigenvalue weighted by Gasteiger charge is 2.18. The number of aromatic nitrogens is 2. The third-order valence-electron chi connectivity index (χ3n) is 2.93. The summed E-state index contributed by atoms with van der Waals surface area (Å²) in [5.41, 5.74) is 0.357. The van der Waals surface area contributed by atoms with Gasteiger partial charge in [-0.25, -0.2) is 17.8 Å². The number of benzene rings is 1. The third-order valence-corrected chi connectivity index (χ3v) is 4.40. The maximum Gasteiger partial charge on any atom is 0.280 e. The van der Waals surface area contributed by atoms with E-state index in [4.69, 9.17) is 22.3 Å². The minimum atomic E-state index is -3.91. The second kappa shape index (κ2) is 6.34. The number of rotatable bonds is 5. The van der Waals surface area contributed by atoms with Crippen molar-refractivity contribution in [2.45, 2.75) is 31.3 Å². The van der Waals surface area contributed by atoms with Crippen molar-refractivity contribution in [3.05, 3.63) is 46.6 Å². The quantitative estimate of drug-likeness (QED) is 0.774. The minimum absolute atomic E-state index is 0.0230. The van der Waals surface area contributed by atoms with Crippen LogP contribution in [0.5, 0.6) is 0 Å². The molecule has 2 aromatic rings. The molecule has 21 heavy (non-hydrogen) atoms. The van der Waals surface area contributed by atoms with Crippen LogP contribution in [0.1, 0.15) is 24.7 Å². The van der Waals surface area contributed by atoms with E-state index in [1.807, 2.05) is 6.92 Å². The highest BCUT2D eigenvalue weighted by atomic mass is 35.7. The van der Waals surface area contributed by atoms with Crippen LogP contribution in [0.2, 0.25) is 5.02 Å². The lowest BCUT2D eigenvalue weighted by Gasteiger charge is -2.08. The van der Waals surface area contributed by atoms with Gasteiger partial charge in [0.15, 0.2) is 5.03 Å². The van der Waals surface area contributed by atoms with E-state index in [1.54, 1.807) is 16.7 Å². The summed E-state index contributed by atoms with van der Waals surface area (Å²) < 4.78 is 38.3. The molecule has 0 atom stereocenters. The Kier molecular flexibility index (Phi) is 4.91. The number of hydrogen-bond acceptors (Lipinski definition) is 3. The second-order valence-corrected chi connectivity index (χ2v) is 7.44. The fourth-order valence-electron chi connectivity index (χ4n) is 1.96. The van der Waals surface area contributed by atoms with E-state index in [0.29, 0.717) is 17.8 Å². The van der Waals surface area contributed by atoms with Gasteiger partial charge in [-0.2, -0.15) is 0 Å². The summed E-state index contributed by atoms with van der Waals surface area (Å²) in [6.07, 6.45) is 2.65. The lowest BCUT2D eigenvalue weighted by molar-refractivity contribution is 0.593. The van der Waals surface area contributed by atoms with E-state index < -0.39 is 14.9 Å². The van der Waals surface area contributed by atoms with Gasteiger partial charge in [0, 0.05) is 28.9 Å². The average Bonchev–Trinajstić information content (AvgIpc) is 2.79. The van der Waals surface area contributed by atoms with Crippen LogP contribution < -0.4 is 0 Å². The highest BCUT2D eigenvalue weighted by molar-refractivity contribution is 8.13. The van der Waals surface area contributed by atoms with E-state index in [0.717, 1.165) is 6.42 Å². The molecule has 0 unspecified atom stereocenters. The van der Waals surface area contributed by atoms with E-state index in [9.17, 15) is 12.8 Å². The van der Waals surface area contributed by atoms with Crippen LogP contribution in [-0.4, -0.2) is 18.0 Å². The molecule has 0 saturated carbocycles. The number of nitrogens with zero attached hydrogens (tertiary/aromatic N) is 2. The fraction of sp³-hybridized carbons (Fsp3) is 0.308. The Morgan fingerprint density at radius 1 is 1.38 bits per heavy atom. The predicted molar refractivity (Wildman–Crippen MR) is 79.8 cm³/mol. The van der Waals surface area contributed by atoms with Crippen molar-refractivity contribution >= 4 is 31.3 Å². The molecule has 0 aliphatic carbocycles. The topological polar surface area (TPSA) is 52.0 Å². The largest absolute Gasteiger partial charge is 0.329 e. The van der Waals surface area contributed by atoms with E-state index in [1.165, 1.54) is 12.3 Å². The molecular weight excluding hydrogens is 338 g/mol. The van der Waals surface area contributed by atoms with Crippen molar-refractivity contribution in [2.75, 3.05) is 0 Å². The standard InChI is InChI=1S/C13H13Cl2FN2O2S/c1-2-4-11-17-12(21(15,19)20)8-18(11)7-9-5-3-6-10(14)13(9)16/h3,5-6,8H,2,4,7H2,1H3. The molecule has 0 bridgehead atoms. The Morgan fingerprint density at radius 3 is 2.71 bits per heavy atom. The summed E-state index contributed by atoms with van der Waals surface area (Å²) >= 11 is 5.74. The van der Waals surface area contributed by atoms with E-state index >= 15 is 0 Å². The Balaban J connectivity index is 2.43. The van der Waals surface area contributed by atoms with Gasteiger partial charge in [-0.3, -0.25) is 0 Å². The third kappa shape index (κ3) is 3.75. The molecule has 4 nitrogen and oxygen atoms in total. The lowest BCUT2D eigenvalue weighted by atomic mass is 10.2. The zero-order chi connectivity index (χ0) is 15.6. The number of hydrogen-bond donors (Lipinski definition) is 0. The summed E-state index contributed by atoms with van der Waals surface area (Å²) in [4.78, 5) is 4.01. The molecule has 0 radical (unpaired) electrons. The van der Waals surface area contributed by atoms with Crippen molar-refractivity contribution in [1.29, 1.82) is 0 Å². The Labute approximate surface area is 131 Å². The van der Waals surface area contributed by atoms with Crippen molar-refractivity contribution in [1.82, 2.24) is 9.55 Å². The van der Waals surface area contributed by atoms with Crippen molar-refractivity contribution in [2.24, 2.45) is 0 Å². The molecule has 8 heteroatoms. The van der Waals surface area contributed by atoms with Crippen LogP contribution in [0.25, 0.3) is 0 Å². The lowest BCUT2D eigenvalue weighted by Crippen LogP contribution is -2.05. The maximum atomic E-state index is 13.9. The normalized spacial score (nSPS) is 11.8. The fourth-order valence-corrected chi connectivity index (χ4v) is 2.84. The molecule has 1 aromatic heterocycles. The van der Waals surface area contributed by atoms with Gasteiger partial charge in [0.05, 0.1) is 11.6 Å². The van der Waals surface area contributed by atoms with Crippen molar-refractivity contribution < 1.29 is 12.8 Å². The molecule has 0 aliphatic rings. The Hall–Kier alpha value is -1.11. The zero-order valence-corrected chi connectivity index (χ0v) is 13.5. The number of halogens is 3. The zero-order valence-electron chi connectivity index (χ0n) is 11.2. The smallest absolute Gasteiger partial charge is 0.280 e. The summed E-state index contributed by atoms with van der Waals surface area (Å²) in [7, 11) is 1.39. The van der Waals surface area contributed by atoms with Gasteiger partial charge in [-0.1, -0.05) is 30.7 Å². The summed E-state index contributed by atoms with van der Waals surface area (Å²) in [5, 5.41) is -0.204. The SMILES string of the molecule is CCCc1nc(S(=O)(=O)Cl)cn1Cc1cccc(Cl)c1F. The molecule has 2 rings (SSSR count). The molecule has 0 saturated heterocycles. The molecular formula is C13H13Cl2FN2O2S. The van der Waals surface area contributed by atoms with Crippen LogP contribution in [0.15, 0.2) is 29.4 Å².